The molecular weight excluding hydrogens is 222 g/mol. The Hall–Kier alpha value is -1.62. The molecule has 0 radical (unpaired) electrons. The van der Waals surface area contributed by atoms with Crippen molar-refractivity contribution in [3.8, 4) is 6.07 Å². The Bertz CT molecular complexity index is 466. The summed E-state index contributed by atoms with van der Waals surface area (Å²) in [5.41, 5.74) is 0.732. The van der Waals surface area contributed by atoms with Crippen molar-refractivity contribution in [2.75, 3.05) is 0 Å². The summed E-state index contributed by atoms with van der Waals surface area (Å²) in [6.07, 6.45) is 2.46. The predicted molar refractivity (Wildman–Crippen MR) is 70.9 cm³/mol. The fourth-order valence-corrected chi connectivity index (χ4v) is 2.58. The third-order valence-corrected chi connectivity index (χ3v) is 3.73. The van der Waals surface area contributed by atoms with Crippen LogP contribution in [0.1, 0.15) is 38.7 Å². The van der Waals surface area contributed by atoms with E-state index < -0.39 is 5.92 Å². The number of carbonyl (C=O) groups is 1. The van der Waals surface area contributed by atoms with Gasteiger partial charge in [0.1, 0.15) is 5.92 Å². The Kier molecular flexibility index (Phi) is 3.52. The van der Waals surface area contributed by atoms with Gasteiger partial charge in [0.25, 0.3) is 0 Å². The molecule has 0 bridgehead atoms. The molecule has 0 amide bonds. The number of benzene rings is 1. The number of nitrogens with zero attached hydrogens (tertiary/aromatic N) is 1. The van der Waals surface area contributed by atoms with Crippen LogP contribution in [0, 0.1) is 23.2 Å². The molecule has 1 fully saturated rings. The zero-order valence-electron chi connectivity index (χ0n) is 11.0. The average molecular weight is 241 g/mol. The molecule has 0 N–H and O–H groups in total. The summed E-state index contributed by atoms with van der Waals surface area (Å²) in [4.78, 5) is 12.6. The maximum Gasteiger partial charge on any atom is 0.160 e. The van der Waals surface area contributed by atoms with Crippen LogP contribution >= 0.6 is 0 Å². The highest BCUT2D eigenvalue weighted by Gasteiger charge is 2.52. The lowest BCUT2D eigenvalue weighted by molar-refractivity contribution is -0.124. The van der Waals surface area contributed by atoms with Crippen molar-refractivity contribution < 1.29 is 4.79 Å². The Morgan fingerprint density at radius 1 is 1.33 bits per heavy atom. The van der Waals surface area contributed by atoms with Gasteiger partial charge in [0.2, 0.25) is 0 Å². The van der Waals surface area contributed by atoms with E-state index in [0.29, 0.717) is 12.3 Å². The number of nitriles is 1. The Balaban J connectivity index is 2.21. The minimum atomic E-state index is -0.451. The standard InChI is InChI=1S/C16H19NO/c1-12(2)10-13(11-17)15(18)16(8-9-16)14-6-4-3-5-7-14/h3-7,12-13H,8-10H2,1-2H3. The second-order valence-corrected chi connectivity index (χ2v) is 5.62. The van der Waals surface area contributed by atoms with Gasteiger partial charge in [-0.05, 0) is 30.7 Å². The summed E-state index contributed by atoms with van der Waals surface area (Å²) in [5.74, 6) is 0.0581. The van der Waals surface area contributed by atoms with Gasteiger partial charge >= 0.3 is 0 Å². The van der Waals surface area contributed by atoms with Gasteiger partial charge in [0, 0.05) is 0 Å². The molecule has 1 saturated carbocycles. The van der Waals surface area contributed by atoms with Crippen LogP contribution in [0.2, 0.25) is 0 Å². The molecule has 0 heterocycles. The second kappa shape index (κ2) is 4.94. The summed E-state index contributed by atoms with van der Waals surface area (Å²) in [5, 5.41) is 9.21. The van der Waals surface area contributed by atoms with E-state index in [2.05, 4.69) is 19.9 Å². The van der Waals surface area contributed by atoms with Crippen molar-refractivity contribution in [2.24, 2.45) is 11.8 Å². The van der Waals surface area contributed by atoms with Crippen LogP contribution in [0.4, 0.5) is 0 Å². The van der Waals surface area contributed by atoms with E-state index >= 15 is 0 Å². The van der Waals surface area contributed by atoms with Crippen molar-refractivity contribution in [1.82, 2.24) is 0 Å². The minimum Gasteiger partial charge on any atom is -0.297 e. The summed E-state index contributed by atoms with van der Waals surface area (Å²) in [6, 6.07) is 12.1. The van der Waals surface area contributed by atoms with Gasteiger partial charge in [-0.15, -0.1) is 0 Å². The monoisotopic (exact) mass is 241 g/mol. The van der Waals surface area contributed by atoms with Gasteiger partial charge in [-0.2, -0.15) is 5.26 Å². The zero-order valence-corrected chi connectivity index (χ0v) is 11.0. The highest BCUT2D eigenvalue weighted by molar-refractivity contribution is 5.96. The summed E-state index contributed by atoms with van der Waals surface area (Å²) >= 11 is 0. The van der Waals surface area contributed by atoms with E-state index in [4.69, 9.17) is 0 Å². The average Bonchev–Trinajstić information content (AvgIpc) is 3.17. The van der Waals surface area contributed by atoms with Gasteiger partial charge in [0.15, 0.2) is 5.78 Å². The first-order valence-electron chi connectivity index (χ1n) is 6.59. The molecule has 0 spiro atoms. The fourth-order valence-electron chi connectivity index (χ4n) is 2.58. The van der Waals surface area contributed by atoms with Crippen LogP contribution < -0.4 is 0 Å². The molecule has 94 valence electrons. The van der Waals surface area contributed by atoms with Crippen LogP contribution in [-0.2, 0) is 10.2 Å². The molecule has 18 heavy (non-hydrogen) atoms. The molecule has 1 aliphatic rings. The number of rotatable bonds is 5. The normalized spacial score (nSPS) is 18.1. The largest absolute Gasteiger partial charge is 0.297 e. The van der Waals surface area contributed by atoms with Crippen LogP contribution in [0.25, 0.3) is 0 Å². The van der Waals surface area contributed by atoms with Gasteiger partial charge in [-0.3, -0.25) is 4.79 Å². The second-order valence-electron chi connectivity index (χ2n) is 5.62. The molecular formula is C16H19NO. The van der Waals surface area contributed by atoms with Gasteiger partial charge < -0.3 is 0 Å². The van der Waals surface area contributed by atoms with E-state index in [0.717, 1.165) is 18.4 Å². The molecule has 2 heteroatoms. The topological polar surface area (TPSA) is 40.9 Å². The maximum atomic E-state index is 12.6. The first-order chi connectivity index (χ1) is 8.60. The van der Waals surface area contributed by atoms with Gasteiger partial charge in [-0.1, -0.05) is 44.2 Å². The number of ketones is 1. The van der Waals surface area contributed by atoms with E-state index in [9.17, 15) is 10.1 Å². The Morgan fingerprint density at radius 3 is 2.39 bits per heavy atom. The van der Waals surface area contributed by atoms with Gasteiger partial charge in [-0.25, -0.2) is 0 Å². The SMILES string of the molecule is CC(C)CC(C#N)C(=O)C1(c2ccccc2)CC1. The van der Waals surface area contributed by atoms with Crippen molar-refractivity contribution >= 4 is 5.78 Å². The molecule has 1 aromatic carbocycles. The number of carbonyl (C=O) groups excluding carboxylic acids is 1. The summed E-state index contributed by atoms with van der Waals surface area (Å²) < 4.78 is 0. The van der Waals surface area contributed by atoms with E-state index in [1.54, 1.807) is 0 Å². The van der Waals surface area contributed by atoms with Crippen LogP contribution in [-0.4, -0.2) is 5.78 Å². The smallest absolute Gasteiger partial charge is 0.160 e. The number of hydrogen-bond acceptors (Lipinski definition) is 2. The van der Waals surface area contributed by atoms with Crippen LogP contribution in [0.15, 0.2) is 30.3 Å². The zero-order chi connectivity index (χ0) is 13.2. The van der Waals surface area contributed by atoms with Crippen molar-refractivity contribution in [3.63, 3.8) is 0 Å². The van der Waals surface area contributed by atoms with E-state index in [1.165, 1.54) is 0 Å². The van der Waals surface area contributed by atoms with Crippen LogP contribution in [0.3, 0.4) is 0 Å². The number of Topliss-reactive ketones (excluding diaryl/α,β-unsaturated/α-hetero) is 1. The Morgan fingerprint density at radius 2 is 1.94 bits per heavy atom. The maximum absolute atomic E-state index is 12.6. The molecule has 1 unspecified atom stereocenters. The third kappa shape index (κ3) is 2.31. The summed E-state index contributed by atoms with van der Waals surface area (Å²) in [7, 11) is 0. The molecule has 1 aromatic rings. The van der Waals surface area contributed by atoms with Crippen LogP contribution in [0.5, 0.6) is 0 Å². The molecule has 2 rings (SSSR count). The van der Waals surface area contributed by atoms with E-state index in [1.807, 2.05) is 30.3 Å². The van der Waals surface area contributed by atoms with Crippen molar-refractivity contribution in [3.05, 3.63) is 35.9 Å². The quantitative estimate of drug-likeness (QED) is 0.792. The Labute approximate surface area is 109 Å². The number of hydrogen-bond donors (Lipinski definition) is 0. The molecule has 1 aliphatic carbocycles. The first kappa shape index (κ1) is 12.8. The summed E-state index contributed by atoms with van der Waals surface area (Å²) in [6.45, 7) is 4.11. The molecule has 1 atom stereocenters. The molecule has 2 nitrogen and oxygen atoms in total. The van der Waals surface area contributed by atoms with Crippen molar-refractivity contribution in [2.45, 2.75) is 38.5 Å². The lowest BCUT2D eigenvalue weighted by Gasteiger charge is -2.19. The van der Waals surface area contributed by atoms with Gasteiger partial charge in [0.05, 0.1) is 11.5 Å². The predicted octanol–water partition coefficient (Wildman–Crippen LogP) is 3.47. The lowest BCUT2D eigenvalue weighted by atomic mass is 9.82. The first-order valence-corrected chi connectivity index (χ1v) is 6.59. The molecule has 0 saturated heterocycles. The van der Waals surface area contributed by atoms with Crippen molar-refractivity contribution in [1.29, 1.82) is 5.26 Å². The highest BCUT2D eigenvalue weighted by atomic mass is 16.1. The molecule has 0 aliphatic heterocycles. The molecule has 0 aromatic heterocycles. The lowest BCUT2D eigenvalue weighted by Crippen LogP contribution is -2.28. The fraction of sp³-hybridized carbons (Fsp3) is 0.500. The van der Waals surface area contributed by atoms with E-state index in [-0.39, 0.29) is 11.2 Å². The highest BCUT2D eigenvalue weighted by Crippen LogP contribution is 2.50. The minimum absolute atomic E-state index is 0.130. The third-order valence-electron chi connectivity index (χ3n) is 3.73.